The summed E-state index contributed by atoms with van der Waals surface area (Å²) in [6.45, 7) is 0.602. The van der Waals surface area contributed by atoms with Gasteiger partial charge in [-0.2, -0.15) is 14.8 Å². The molecule has 0 aromatic carbocycles. The topological polar surface area (TPSA) is 111 Å². The number of hydrogen-bond acceptors (Lipinski definition) is 7. The van der Waals surface area contributed by atoms with Gasteiger partial charge in [-0.15, -0.1) is 11.3 Å². The summed E-state index contributed by atoms with van der Waals surface area (Å²) in [5.41, 5.74) is 0.372. The van der Waals surface area contributed by atoms with Crippen LogP contribution in [0.3, 0.4) is 0 Å². The molecule has 0 amide bonds. The average molecular weight is 313 g/mol. The first-order valence-corrected chi connectivity index (χ1v) is 7.62. The molecule has 0 unspecified atom stereocenters. The quantitative estimate of drug-likeness (QED) is 0.589. The largest absolute Gasteiger partial charge is 0.465 e. The number of thiophene rings is 1. The first kappa shape index (κ1) is 16.1. The molecular formula is C11H11N3O4S2. The molecule has 0 saturated carbocycles. The van der Waals surface area contributed by atoms with Gasteiger partial charge in [0.2, 0.25) is 10.0 Å². The summed E-state index contributed by atoms with van der Waals surface area (Å²) in [5, 5.41) is 18.8. The van der Waals surface area contributed by atoms with Crippen molar-refractivity contribution in [1.82, 2.24) is 4.31 Å². The van der Waals surface area contributed by atoms with E-state index in [0.717, 1.165) is 18.4 Å². The fourth-order valence-electron chi connectivity index (χ4n) is 1.50. The Labute approximate surface area is 120 Å². The van der Waals surface area contributed by atoms with Crippen LogP contribution in [0.4, 0.5) is 0 Å². The normalized spacial score (nSPS) is 10.8. The van der Waals surface area contributed by atoms with Crippen LogP contribution in [-0.2, 0) is 14.8 Å². The highest BCUT2D eigenvalue weighted by molar-refractivity contribution is 7.89. The third-order valence-electron chi connectivity index (χ3n) is 2.38. The molecule has 106 valence electrons. The third kappa shape index (κ3) is 2.96. The second kappa shape index (κ2) is 6.48. The first-order valence-electron chi connectivity index (χ1n) is 5.30. The maximum Gasteiger partial charge on any atom is 0.349 e. The first-order chi connectivity index (χ1) is 9.39. The van der Waals surface area contributed by atoms with Crippen molar-refractivity contribution >= 4 is 27.3 Å². The number of nitriles is 2. The number of methoxy groups -OCH3 is 1. The highest BCUT2D eigenvalue weighted by Gasteiger charge is 2.32. The van der Waals surface area contributed by atoms with Crippen LogP contribution in [0.25, 0.3) is 0 Å². The number of carbonyl (C=O) groups is 1. The number of hydrogen-bond donors (Lipinski definition) is 0. The monoisotopic (exact) mass is 313 g/mol. The summed E-state index contributed by atoms with van der Waals surface area (Å²) < 4.78 is 30.2. The van der Waals surface area contributed by atoms with Crippen LogP contribution < -0.4 is 0 Å². The summed E-state index contributed by atoms with van der Waals surface area (Å²) in [5.74, 6) is -0.768. The van der Waals surface area contributed by atoms with Gasteiger partial charge >= 0.3 is 5.97 Å². The zero-order valence-corrected chi connectivity index (χ0v) is 12.4. The molecule has 1 aromatic heterocycles. The van der Waals surface area contributed by atoms with E-state index in [4.69, 9.17) is 10.5 Å². The Morgan fingerprint density at radius 2 is 1.95 bits per heavy atom. The van der Waals surface area contributed by atoms with Crippen molar-refractivity contribution < 1.29 is 17.9 Å². The van der Waals surface area contributed by atoms with Gasteiger partial charge in [-0.05, 0) is 17.9 Å². The molecule has 0 N–H and O–H groups in total. The van der Waals surface area contributed by atoms with Gasteiger partial charge in [-0.1, -0.05) is 0 Å². The molecule has 1 heterocycles. The van der Waals surface area contributed by atoms with Gasteiger partial charge in [-0.3, -0.25) is 0 Å². The molecule has 9 heteroatoms. The van der Waals surface area contributed by atoms with Crippen LogP contribution in [0.5, 0.6) is 0 Å². The Morgan fingerprint density at radius 1 is 1.40 bits per heavy atom. The van der Waals surface area contributed by atoms with Crippen molar-refractivity contribution in [2.24, 2.45) is 0 Å². The number of nitrogens with zero attached hydrogens (tertiary/aromatic N) is 3. The maximum absolute atomic E-state index is 12.5. The second-order valence-corrected chi connectivity index (χ2v) is 6.41. The molecule has 20 heavy (non-hydrogen) atoms. The van der Waals surface area contributed by atoms with Crippen LogP contribution in [0.2, 0.25) is 0 Å². The lowest BCUT2D eigenvalue weighted by atomic mass is 10.3. The Hall–Kier alpha value is -1.94. The van der Waals surface area contributed by atoms with Crippen molar-refractivity contribution in [3.05, 3.63) is 15.8 Å². The summed E-state index contributed by atoms with van der Waals surface area (Å²) in [7, 11) is -2.95. The van der Waals surface area contributed by atoms with E-state index in [1.54, 1.807) is 12.1 Å². The average Bonchev–Trinajstić information content (AvgIpc) is 2.80. The molecule has 1 aromatic rings. The molecule has 0 aliphatic carbocycles. The lowest BCUT2D eigenvalue weighted by Crippen LogP contribution is -2.33. The summed E-state index contributed by atoms with van der Waals surface area (Å²) >= 11 is 0.943. The minimum atomic E-state index is -4.10. The fourth-order valence-corrected chi connectivity index (χ4v) is 4.39. The number of sulfonamides is 1. The fraction of sp³-hybridized carbons (Fsp3) is 0.364. The zero-order valence-electron chi connectivity index (χ0n) is 10.8. The highest BCUT2D eigenvalue weighted by Crippen LogP contribution is 2.29. The Morgan fingerprint density at radius 3 is 2.40 bits per heavy atom. The molecule has 1 rings (SSSR count). The molecule has 0 aliphatic rings. The summed E-state index contributed by atoms with van der Waals surface area (Å²) in [4.78, 5) is 11.3. The number of ether oxygens (including phenoxy) is 1. The van der Waals surface area contributed by atoms with Crippen LogP contribution >= 0.6 is 11.3 Å². The third-order valence-corrected chi connectivity index (χ3v) is 5.57. The molecule has 0 fully saturated rings. The lowest BCUT2D eigenvalue weighted by Gasteiger charge is -2.16. The predicted octanol–water partition coefficient (Wildman–Crippen LogP) is 0.881. The predicted molar refractivity (Wildman–Crippen MR) is 70.4 cm³/mol. The molecule has 0 saturated heterocycles. The van der Waals surface area contributed by atoms with E-state index < -0.39 is 29.1 Å². The van der Waals surface area contributed by atoms with Crippen molar-refractivity contribution in [2.45, 2.75) is 11.8 Å². The van der Waals surface area contributed by atoms with Gasteiger partial charge in [0.15, 0.2) is 0 Å². The number of aryl methyl sites for hydroxylation is 1. The maximum atomic E-state index is 12.5. The number of carbonyl (C=O) groups excluding carboxylic acids is 1. The second-order valence-electron chi connectivity index (χ2n) is 3.66. The molecule has 0 bridgehead atoms. The number of esters is 1. The van der Waals surface area contributed by atoms with E-state index >= 15 is 0 Å². The Bertz CT molecular complexity index is 678. The standard InChI is InChI=1S/C11H11N3O4S2/c1-8-7-19-9(11(15)18-2)10(8)20(16,17)14(5-3-12)6-4-13/h7H,5-6H2,1-2H3. The van der Waals surface area contributed by atoms with E-state index in [1.807, 2.05) is 0 Å². The van der Waals surface area contributed by atoms with Gasteiger partial charge in [-0.25, -0.2) is 13.2 Å². The van der Waals surface area contributed by atoms with E-state index in [9.17, 15) is 13.2 Å². The zero-order chi connectivity index (χ0) is 15.3. The lowest BCUT2D eigenvalue weighted by molar-refractivity contribution is 0.0602. The Kier molecular flexibility index (Phi) is 5.22. The molecule has 0 atom stereocenters. The van der Waals surface area contributed by atoms with E-state index in [2.05, 4.69) is 4.74 Å². The number of rotatable bonds is 5. The summed E-state index contributed by atoms with van der Waals surface area (Å²) in [6.07, 6.45) is 0. The van der Waals surface area contributed by atoms with Gasteiger partial charge in [0, 0.05) is 0 Å². The van der Waals surface area contributed by atoms with Crippen LogP contribution in [0.15, 0.2) is 10.3 Å². The van der Waals surface area contributed by atoms with Crippen LogP contribution in [0.1, 0.15) is 15.2 Å². The van der Waals surface area contributed by atoms with Crippen molar-refractivity contribution in [2.75, 3.05) is 20.2 Å². The minimum absolute atomic E-state index is 0.0640. The van der Waals surface area contributed by atoms with Crippen LogP contribution in [-0.4, -0.2) is 38.9 Å². The highest BCUT2D eigenvalue weighted by atomic mass is 32.2. The Balaban J connectivity index is 3.42. The molecule has 0 spiro atoms. The van der Waals surface area contributed by atoms with E-state index in [-0.39, 0.29) is 9.77 Å². The minimum Gasteiger partial charge on any atom is -0.465 e. The van der Waals surface area contributed by atoms with Gasteiger partial charge in [0.05, 0.1) is 19.2 Å². The molecular weight excluding hydrogens is 302 g/mol. The van der Waals surface area contributed by atoms with Crippen LogP contribution in [0, 0.1) is 29.6 Å². The van der Waals surface area contributed by atoms with Gasteiger partial charge < -0.3 is 4.74 Å². The van der Waals surface area contributed by atoms with Crippen molar-refractivity contribution in [1.29, 1.82) is 10.5 Å². The van der Waals surface area contributed by atoms with Gasteiger partial charge in [0.25, 0.3) is 0 Å². The molecule has 0 aliphatic heterocycles. The van der Waals surface area contributed by atoms with Crippen molar-refractivity contribution in [3.63, 3.8) is 0 Å². The molecule has 0 radical (unpaired) electrons. The smallest absolute Gasteiger partial charge is 0.349 e. The van der Waals surface area contributed by atoms with E-state index in [1.165, 1.54) is 12.3 Å². The summed E-state index contributed by atoms with van der Waals surface area (Å²) in [6, 6.07) is 3.37. The molecule has 7 nitrogen and oxygen atoms in total. The van der Waals surface area contributed by atoms with Crippen molar-refractivity contribution in [3.8, 4) is 12.1 Å². The van der Waals surface area contributed by atoms with Gasteiger partial charge in [0.1, 0.15) is 22.9 Å². The SMILES string of the molecule is COC(=O)c1scc(C)c1S(=O)(=O)N(CC#N)CC#N. The van der Waals surface area contributed by atoms with E-state index in [0.29, 0.717) is 9.87 Å².